The Hall–Kier alpha value is -1.90. The maximum absolute atomic E-state index is 12.2. The van der Waals surface area contributed by atoms with Crippen molar-refractivity contribution >= 4 is 11.4 Å². The molecular formula is C67H116N2O2Pd. The molecule has 72 heavy (non-hydrogen) atoms. The molecule has 416 valence electrons. The molecule has 0 unspecified atom stereocenters. The first kappa shape index (κ1) is 66.2. The van der Waals surface area contributed by atoms with E-state index < -0.39 is 0 Å². The van der Waals surface area contributed by atoms with Gasteiger partial charge in [-0.3, -0.25) is 0 Å². The number of hydrogen-bond acceptors (Lipinski definition) is 2. The molecule has 0 aromatic heterocycles. The van der Waals surface area contributed by atoms with E-state index in [0.29, 0.717) is 0 Å². The van der Waals surface area contributed by atoms with Crippen molar-refractivity contribution in [2.24, 2.45) is 0 Å². The molecule has 0 N–H and O–H groups in total. The molecule has 0 saturated heterocycles. The predicted octanol–water partition coefficient (Wildman–Crippen LogP) is 22.6. The Labute approximate surface area is 457 Å². The van der Waals surface area contributed by atoms with Crippen molar-refractivity contribution in [1.82, 2.24) is 0 Å². The number of rotatable bonds is 48. The minimum atomic E-state index is 0.0757. The monoisotopic (exact) mass is 1090 g/mol. The van der Waals surface area contributed by atoms with Gasteiger partial charge >= 0.3 is 78.4 Å². The van der Waals surface area contributed by atoms with E-state index in [2.05, 4.69) is 90.9 Å². The quantitative estimate of drug-likeness (QED) is 0.0377. The molecule has 0 fully saturated rings. The van der Waals surface area contributed by atoms with Crippen molar-refractivity contribution in [1.29, 1.82) is 0 Å². The van der Waals surface area contributed by atoms with Gasteiger partial charge in [-0.05, 0) is 111 Å². The van der Waals surface area contributed by atoms with Crippen LogP contribution in [0.5, 0.6) is 0 Å². The second-order valence-electron chi connectivity index (χ2n) is 21.8. The molecule has 0 bridgehead atoms. The van der Waals surface area contributed by atoms with Crippen molar-refractivity contribution in [3.63, 3.8) is 0 Å². The van der Waals surface area contributed by atoms with Crippen LogP contribution in [0.3, 0.4) is 0 Å². The van der Waals surface area contributed by atoms with Crippen molar-refractivity contribution in [2.75, 3.05) is 13.2 Å². The van der Waals surface area contributed by atoms with Crippen LogP contribution in [0.25, 0.3) is 16.9 Å². The molecule has 0 radical (unpaired) electrons. The number of aryl methyl sites for hydroxylation is 4. The molecule has 0 atom stereocenters. The van der Waals surface area contributed by atoms with Crippen LogP contribution in [0.2, 0.25) is 0 Å². The summed E-state index contributed by atoms with van der Waals surface area (Å²) in [5.41, 5.74) is 23.6. The first-order valence-corrected chi connectivity index (χ1v) is 32.8. The van der Waals surface area contributed by atoms with Crippen LogP contribution in [0.4, 0.5) is 0 Å². The van der Waals surface area contributed by atoms with Gasteiger partial charge in [0.15, 0.2) is 0 Å². The Bertz CT molecular complexity index is 1600. The number of benzene rings is 2. The first-order chi connectivity index (χ1) is 35.5. The van der Waals surface area contributed by atoms with Gasteiger partial charge in [0.25, 0.3) is 0 Å². The van der Waals surface area contributed by atoms with Gasteiger partial charge in [0.1, 0.15) is 0 Å². The van der Waals surface area contributed by atoms with E-state index in [0.717, 1.165) is 69.6 Å². The van der Waals surface area contributed by atoms with Crippen molar-refractivity contribution < 1.29 is 30.3 Å². The Morgan fingerprint density at radius 1 is 0.333 bits per heavy atom. The van der Waals surface area contributed by atoms with Gasteiger partial charge in [0.05, 0.1) is 0 Å². The molecule has 4 nitrogen and oxygen atoms in total. The fraction of sp³-hybridized carbons (Fsp3) is 0.761. The molecule has 0 aliphatic carbocycles. The third-order valence-corrected chi connectivity index (χ3v) is 15.8. The number of unbranched alkanes of at least 4 members (excludes halogenated alkanes) is 30. The molecule has 3 rings (SSSR count). The van der Waals surface area contributed by atoms with Crippen LogP contribution in [0, 0.1) is 0 Å². The Morgan fingerprint density at radius 2 is 0.625 bits per heavy atom. The van der Waals surface area contributed by atoms with Crippen LogP contribution in [-0.2, 0) is 51.3 Å². The van der Waals surface area contributed by atoms with E-state index in [1.807, 2.05) is 0 Å². The molecule has 1 heterocycles. The fourth-order valence-electron chi connectivity index (χ4n) is 10.1. The van der Waals surface area contributed by atoms with Crippen LogP contribution in [-0.4, -0.2) is 17.9 Å². The third kappa shape index (κ3) is 32.5. The maximum atomic E-state index is 12.2. The van der Waals surface area contributed by atoms with Gasteiger partial charge in [0, 0.05) is 22.8 Å². The van der Waals surface area contributed by atoms with Crippen molar-refractivity contribution in [3.8, 4) is 0 Å². The fourth-order valence-corrected chi connectivity index (χ4v) is 10.9. The Morgan fingerprint density at radius 3 is 0.944 bits per heavy atom. The van der Waals surface area contributed by atoms with Crippen LogP contribution < -0.4 is 0 Å². The van der Waals surface area contributed by atoms with Gasteiger partial charge < -0.3 is 5.53 Å². The number of hydrogen-bond donors (Lipinski definition) is 0. The van der Waals surface area contributed by atoms with Gasteiger partial charge in [-0.1, -0.05) is 227 Å². The van der Waals surface area contributed by atoms with Gasteiger partial charge in [0.2, 0.25) is 11.4 Å². The summed E-state index contributed by atoms with van der Waals surface area (Å²) in [6, 6.07) is 14.4. The zero-order valence-corrected chi connectivity index (χ0v) is 50.2. The SMILES string of the molecule is CCCCCCCCCCCCCCCCCCCCCCCCCCCC1=C(c2cc(CCCC)cc(CCCC)c2)[N+](=[N-])C(c2cc(CCCC)cc(CCCC)c2)=C1.CCCC[O][Pd][O]CCCC. The molecule has 2 aromatic rings. The summed E-state index contributed by atoms with van der Waals surface area (Å²) >= 11 is 0.0757. The summed E-state index contributed by atoms with van der Waals surface area (Å²) in [5, 5.41) is 0. The number of nitrogens with zero attached hydrogens (tertiary/aromatic N) is 2. The molecule has 0 spiro atoms. The molecule has 1 aliphatic rings. The average Bonchev–Trinajstić information content (AvgIpc) is 3.73. The average molecular weight is 1090 g/mol. The molecule has 5 heteroatoms. The summed E-state index contributed by atoms with van der Waals surface area (Å²) < 4.78 is 12.1. The van der Waals surface area contributed by atoms with E-state index >= 15 is 0 Å². The van der Waals surface area contributed by atoms with Gasteiger partial charge in [-0.15, -0.1) is 0 Å². The van der Waals surface area contributed by atoms with E-state index in [1.165, 1.54) is 264 Å². The standard InChI is InChI=1S/C59H98N2.2C4H9O.Pd/c1-6-11-16-17-18-19-20-21-22-23-24-25-26-27-28-29-30-31-32-33-34-35-36-37-38-43-55-50-58(56-46-51(39-12-7-2)44-52(47-56)40-13-8-3)61(60)59(55)57-48-53(41-14-9-4)45-54(49-57)42-15-10-5;2*1-2-3-4-5;/h44-50H,6-43H2,1-5H3;2*2-4H2,1H3;/q;2*-1;+2. The summed E-state index contributed by atoms with van der Waals surface area (Å²) in [7, 11) is 0. The van der Waals surface area contributed by atoms with E-state index in [-0.39, 0.29) is 18.7 Å². The number of allylic oxidation sites excluding steroid dienone is 2. The first-order valence-electron chi connectivity index (χ1n) is 31.5. The summed E-state index contributed by atoms with van der Waals surface area (Å²) in [6.45, 7) is 17.5. The summed E-state index contributed by atoms with van der Waals surface area (Å²) in [4.78, 5) is 0. The molecule has 0 saturated carbocycles. The predicted molar refractivity (Wildman–Crippen MR) is 313 cm³/mol. The minimum absolute atomic E-state index is 0.0757. The zero-order valence-electron chi connectivity index (χ0n) is 48.7. The van der Waals surface area contributed by atoms with E-state index in [9.17, 15) is 5.53 Å². The van der Waals surface area contributed by atoms with Crippen LogP contribution >= 0.6 is 0 Å². The normalized spacial score (nSPS) is 12.6. The second kappa shape index (κ2) is 47.5. The third-order valence-electron chi connectivity index (χ3n) is 14.8. The second-order valence-corrected chi connectivity index (χ2v) is 22.9. The van der Waals surface area contributed by atoms with Gasteiger partial charge in [-0.25, -0.2) is 4.70 Å². The van der Waals surface area contributed by atoms with Crippen LogP contribution in [0.1, 0.15) is 326 Å². The van der Waals surface area contributed by atoms with Crippen LogP contribution in [0.15, 0.2) is 48.0 Å². The molecule has 0 amide bonds. The van der Waals surface area contributed by atoms with E-state index in [4.69, 9.17) is 6.92 Å². The summed E-state index contributed by atoms with van der Waals surface area (Å²) in [5.74, 6) is 0. The van der Waals surface area contributed by atoms with Gasteiger partial charge in [-0.2, -0.15) is 0 Å². The molecular weight excluding hydrogens is 971 g/mol. The molecule has 1 aliphatic heterocycles. The van der Waals surface area contributed by atoms with Crippen molar-refractivity contribution in [3.05, 3.63) is 87.0 Å². The Kier molecular flexibility index (Phi) is 43.7. The summed E-state index contributed by atoms with van der Waals surface area (Å²) in [6.07, 6.45) is 57.7. The topological polar surface area (TPSA) is 43.8 Å². The zero-order chi connectivity index (χ0) is 52.0. The van der Waals surface area contributed by atoms with E-state index in [1.54, 1.807) is 4.70 Å². The molecule has 2 aromatic carbocycles. The van der Waals surface area contributed by atoms with Crippen molar-refractivity contribution in [2.45, 2.75) is 318 Å². The Balaban J connectivity index is 0.00000143.